The molecule has 0 saturated carbocycles. The molecule has 0 bridgehead atoms. The maximum absolute atomic E-state index is 14.3. The van der Waals surface area contributed by atoms with E-state index in [1.807, 2.05) is 6.07 Å². The van der Waals surface area contributed by atoms with Crippen LogP contribution in [0.15, 0.2) is 48.7 Å². The molecule has 4 rings (SSSR count). The fourth-order valence-corrected chi connectivity index (χ4v) is 6.09. The monoisotopic (exact) mass is 678 g/mol. The molecular formula is C31H37ClF2N6O5S. The van der Waals surface area contributed by atoms with E-state index in [-0.39, 0.29) is 22.7 Å². The predicted molar refractivity (Wildman–Crippen MR) is 173 cm³/mol. The minimum Gasteiger partial charge on any atom is -0.437 e. The van der Waals surface area contributed by atoms with Crippen molar-refractivity contribution >= 4 is 44.9 Å². The minimum absolute atomic E-state index is 0.151. The summed E-state index contributed by atoms with van der Waals surface area (Å²) in [5.41, 5.74) is 5.62. The molecule has 5 N–H and O–H groups in total. The van der Waals surface area contributed by atoms with Crippen LogP contribution >= 0.6 is 11.6 Å². The van der Waals surface area contributed by atoms with E-state index in [0.717, 1.165) is 63.1 Å². The number of hydrogen-bond acceptors (Lipinski definition) is 7. The molecule has 0 radical (unpaired) electrons. The molecule has 1 fully saturated rings. The van der Waals surface area contributed by atoms with Crippen LogP contribution < -0.4 is 25.8 Å². The van der Waals surface area contributed by atoms with Crippen LogP contribution in [0.25, 0.3) is 0 Å². The number of primary amides is 1. The van der Waals surface area contributed by atoms with Crippen molar-refractivity contribution in [1.29, 1.82) is 0 Å². The van der Waals surface area contributed by atoms with Gasteiger partial charge in [-0.15, -0.1) is 0 Å². The van der Waals surface area contributed by atoms with Crippen LogP contribution in [-0.2, 0) is 16.6 Å². The second-order valence-corrected chi connectivity index (χ2v) is 13.4. The van der Waals surface area contributed by atoms with Gasteiger partial charge in [0.25, 0.3) is 5.91 Å². The molecule has 11 nitrogen and oxygen atoms in total. The number of likely N-dealkylation sites (tertiary alicyclic amines) is 1. The molecule has 1 atom stereocenters. The SMILES string of the molecule is CCCCC(NC(=O)Nc1cc(C(N)=O)c(F)cc1F)C1CCN(Cc2ccc(Oc3ccc(NS(C)(=O)=O)cc3Cl)nc2)CC1. The number of piperidine rings is 1. The van der Waals surface area contributed by atoms with Gasteiger partial charge >= 0.3 is 6.03 Å². The Morgan fingerprint density at radius 3 is 2.48 bits per heavy atom. The Hall–Kier alpha value is -4.01. The van der Waals surface area contributed by atoms with Gasteiger partial charge in [0.2, 0.25) is 15.9 Å². The number of rotatable bonds is 13. The lowest BCUT2D eigenvalue weighted by atomic mass is 9.86. The maximum atomic E-state index is 14.3. The molecule has 3 amide bonds. The van der Waals surface area contributed by atoms with Gasteiger partial charge < -0.3 is 21.1 Å². The number of sulfonamides is 1. The first-order valence-corrected chi connectivity index (χ1v) is 17.1. The van der Waals surface area contributed by atoms with E-state index < -0.39 is 39.2 Å². The van der Waals surface area contributed by atoms with Crippen molar-refractivity contribution in [1.82, 2.24) is 15.2 Å². The van der Waals surface area contributed by atoms with Crippen molar-refractivity contribution in [3.63, 3.8) is 0 Å². The van der Waals surface area contributed by atoms with Crippen LogP contribution in [0.5, 0.6) is 11.6 Å². The number of urea groups is 1. The van der Waals surface area contributed by atoms with Gasteiger partial charge in [-0.2, -0.15) is 0 Å². The van der Waals surface area contributed by atoms with E-state index in [9.17, 15) is 26.8 Å². The normalized spacial score (nSPS) is 14.8. The fourth-order valence-electron chi connectivity index (χ4n) is 5.32. The first kappa shape index (κ1) is 34.9. The lowest BCUT2D eigenvalue weighted by Crippen LogP contribution is -2.46. The van der Waals surface area contributed by atoms with Gasteiger partial charge in [-0.3, -0.25) is 14.4 Å². The standard InChI is InChI=1S/C31H37ClF2N6O5S/c1-3-4-5-26(37-31(42)38-27-15-22(30(35)41)24(33)16-25(27)34)20-10-12-40(13-11-20)18-19-6-9-29(36-17-19)45-28-8-7-21(14-23(28)32)39-46(2,43)44/h6-9,14-17,20,26,39H,3-5,10-13,18H2,1-2H3,(H2,35,41)(H2,37,38,42). The largest absolute Gasteiger partial charge is 0.437 e. The zero-order valence-electron chi connectivity index (χ0n) is 25.5. The Morgan fingerprint density at radius 2 is 1.87 bits per heavy atom. The number of nitrogens with zero attached hydrogens (tertiary/aromatic N) is 2. The molecule has 1 saturated heterocycles. The van der Waals surface area contributed by atoms with Gasteiger partial charge in [-0.05, 0) is 68.1 Å². The number of pyridine rings is 1. The quantitative estimate of drug-likeness (QED) is 0.176. The van der Waals surface area contributed by atoms with E-state index in [2.05, 4.69) is 32.2 Å². The Balaban J connectivity index is 1.30. The molecule has 15 heteroatoms. The summed E-state index contributed by atoms with van der Waals surface area (Å²) in [5, 5.41) is 5.58. The zero-order chi connectivity index (χ0) is 33.4. The number of ether oxygens (including phenoxy) is 1. The van der Waals surface area contributed by atoms with Gasteiger partial charge in [-0.1, -0.05) is 37.4 Å². The summed E-state index contributed by atoms with van der Waals surface area (Å²) < 4.78 is 59.1. The highest BCUT2D eigenvalue weighted by Crippen LogP contribution is 2.32. The smallest absolute Gasteiger partial charge is 0.319 e. The summed E-state index contributed by atoms with van der Waals surface area (Å²) in [6.45, 7) is 4.33. The van der Waals surface area contributed by atoms with Crippen molar-refractivity contribution in [2.45, 2.75) is 51.6 Å². The van der Waals surface area contributed by atoms with Crippen LogP contribution in [0, 0.1) is 17.6 Å². The summed E-state index contributed by atoms with van der Waals surface area (Å²) in [4.78, 5) is 31.0. The number of nitrogens with one attached hydrogen (secondary N) is 3. The van der Waals surface area contributed by atoms with Gasteiger partial charge in [0, 0.05) is 30.9 Å². The average Bonchev–Trinajstić information content (AvgIpc) is 2.98. The lowest BCUT2D eigenvalue weighted by molar-refractivity contribution is 0.0996. The molecule has 0 aliphatic carbocycles. The van der Waals surface area contributed by atoms with E-state index in [4.69, 9.17) is 22.1 Å². The third-order valence-corrected chi connectivity index (χ3v) is 8.51. The molecule has 248 valence electrons. The van der Waals surface area contributed by atoms with Crippen LogP contribution in [0.3, 0.4) is 0 Å². The second kappa shape index (κ2) is 15.5. The Morgan fingerprint density at radius 1 is 1.13 bits per heavy atom. The van der Waals surface area contributed by atoms with E-state index in [1.165, 1.54) is 6.07 Å². The number of benzene rings is 2. The summed E-state index contributed by atoms with van der Waals surface area (Å²) in [7, 11) is -3.43. The van der Waals surface area contributed by atoms with E-state index in [0.29, 0.717) is 29.9 Å². The third-order valence-electron chi connectivity index (χ3n) is 7.61. The molecule has 0 spiro atoms. The van der Waals surface area contributed by atoms with Crippen LogP contribution in [0.4, 0.5) is 25.0 Å². The molecule has 2 heterocycles. The molecule has 1 aliphatic rings. The number of anilines is 2. The number of unbranched alkanes of at least 4 members (excludes halogenated alkanes) is 1. The minimum atomic E-state index is -3.43. The van der Waals surface area contributed by atoms with Gasteiger partial charge in [-0.25, -0.2) is 27.0 Å². The number of aromatic nitrogens is 1. The first-order valence-electron chi connectivity index (χ1n) is 14.8. The number of amides is 3. The molecule has 46 heavy (non-hydrogen) atoms. The number of nitrogens with two attached hydrogens (primary N) is 1. The summed E-state index contributed by atoms with van der Waals surface area (Å²) in [6, 6.07) is 8.83. The highest BCUT2D eigenvalue weighted by Gasteiger charge is 2.28. The van der Waals surface area contributed by atoms with Crippen molar-refractivity contribution in [2.24, 2.45) is 11.7 Å². The Kier molecular flexibility index (Phi) is 11.8. The molecule has 2 aromatic carbocycles. The van der Waals surface area contributed by atoms with Crippen molar-refractivity contribution < 1.29 is 31.5 Å². The molecule has 1 aromatic heterocycles. The van der Waals surface area contributed by atoms with Crippen molar-refractivity contribution in [3.8, 4) is 11.6 Å². The van der Waals surface area contributed by atoms with Crippen molar-refractivity contribution in [2.75, 3.05) is 29.4 Å². The highest BCUT2D eigenvalue weighted by atomic mass is 35.5. The summed E-state index contributed by atoms with van der Waals surface area (Å²) in [5.74, 6) is -2.30. The molecular weight excluding hydrogens is 642 g/mol. The van der Waals surface area contributed by atoms with E-state index >= 15 is 0 Å². The maximum Gasteiger partial charge on any atom is 0.319 e. The zero-order valence-corrected chi connectivity index (χ0v) is 27.1. The van der Waals surface area contributed by atoms with E-state index in [1.54, 1.807) is 24.4 Å². The van der Waals surface area contributed by atoms with Crippen LogP contribution in [0.2, 0.25) is 5.02 Å². The van der Waals surface area contributed by atoms with Gasteiger partial charge in [0.05, 0.1) is 28.2 Å². The number of hydrogen-bond donors (Lipinski definition) is 4. The summed E-state index contributed by atoms with van der Waals surface area (Å²) >= 11 is 6.26. The predicted octanol–water partition coefficient (Wildman–Crippen LogP) is 5.87. The van der Waals surface area contributed by atoms with Crippen LogP contribution in [0.1, 0.15) is 54.9 Å². The number of halogens is 3. The Bertz CT molecular complexity index is 1650. The summed E-state index contributed by atoms with van der Waals surface area (Å²) in [6.07, 6.45) is 7.04. The first-order chi connectivity index (χ1) is 21.8. The molecule has 3 aromatic rings. The third kappa shape index (κ3) is 9.99. The molecule has 1 aliphatic heterocycles. The number of carbonyl (C=O) groups is 2. The van der Waals surface area contributed by atoms with Crippen LogP contribution in [-0.4, -0.2) is 55.6 Å². The lowest BCUT2D eigenvalue weighted by Gasteiger charge is -2.36. The molecule has 1 unspecified atom stereocenters. The Labute approximate surface area is 271 Å². The fraction of sp³-hybridized carbons (Fsp3) is 0.387. The van der Waals surface area contributed by atoms with Crippen molar-refractivity contribution in [3.05, 3.63) is 76.4 Å². The second-order valence-electron chi connectivity index (χ2n) is 11.3. The topological polar surface area (TPSA) is 156 Å². The highest BCUT2D eigenvalue weighted by molar-refractivity contribution is 7.92. The average molecular weight is 679 g/mol. The van der Waals surface area contributed by atoms with Gasteiger partial charge in [0.15, 0.2) is 0 Å². The van der Waals surface area contributed by atoms with Gasteiger partial charge in [0.1, 0.15) is 17.4 Å². The number of carbonyl (C=O) groups excluding carboxylic acids is 2.